The fourth-order valence-corrected chi connectivity index (χ4v) is 4.46. The van der Waals surface area contributed by atoms with Crippen molar-refractivity contribution in [3.05, 3.63) is 67.6 Å². The molecule has 1 N–H and O–H groups in total. The van der Waals surface area contributed by atoms with Crippen molar-refractivity contribution >= 4 is 44.5 Å². The molecule has 0 saturated carbocycles. The first kappa shape index (κ1) is 18.3. The monoisotopic (exact) mass is 442 g/mol. The number of carbonyl (C=O) groups excluding carboxylic acids is 1. The number of thioether (sulfide) groups is 1. The fourth-order valence-electron chi connectivity index (χ4n) is 3.73. The van der Waals surface area contributed by atoms with E-state index < -0.39 is 0 Å². The highest BCUT2D eigenvalue weighted by Gasteiger charge is 2.35. The third kappa shape index (κ3) is 3.08. The number of hydrogen-bond acceptors (Lipinski definition) is 5. The van der Waals surface area contributed by atoms with Gasteiger partial charge >= 0.3 is 0 Å². The van der Waals surface area contributed by atoms with E-state index in [4.69, 9.17) is 10.1 Å². The number of nitrogens with one attached hydrogen (secondary N) is 1. The molecule has 27 heavy (non-hydrogen) atoms. The minimum absolute atomic E-state index is 0.156. The highest BCUT2D eigenvalue weighted by molar-refractivity contribution is 9.10. The summed E-state index contributed by atoms with van der Waals surface area (Å²) in [6, 6.07) is 10.1. The third-order valence-electron chi connectivity index (χ3n) is 4.76. The van der Waals surface area contributed by atoms with Crippen molar-refractivity contribution in [2.24, 2.45) is 10.1 Å². The zero-order valence-electron chi connectivity index (χ0n) is 15.5. The van der Waals surface area contributed by atoms with Crippen LogP contribution in [0.5, 0.6) is 0 Å². The van der Waals surface area contributed by atoms with Crippen molar-refractivity contribution in [1.82, 2.24) is 10.3 Å². The summed E-state index contributed by atoms with van der Waals surface area (Å²) >= 11 is 4.91. The number of rotatable bonds is 1. The Hall–Kier alpha value is -2.12. The van der Waals surface area contributed by atoms with Crippen LogP contribution in [0, 0.1) is 20.8 Å². The Morgan fingerprint density at radius 3 is 2.52 bits per heavy atom. The topological polar surface area (TPSA) is 57.1 Å². The molecule has 5 nitrogen and oxygen atoms in total. The lowest BCUT2D eigenvalue weighted by Gasteiger charge is -2.35. The van der Waals surface area contributed by atoms with Crippen molar-refractivity contribution in [3.63, 3.8) is 0 Å². The van der Waals surface area contributed by atoms with Gasteiger partial charge in [-0.15, -0.1) is 5.10 Å². The van der Waals surface area contributed by atoms with Gasteiger partial charge in [-0.25, -0.2) is 5.01 Å². The van der Waals surface area contributed by atoms with Gasteiger partial charge in [0.05, 0.1) is 5.36 Å². The summed E-state index contributed by atoms with van der Waals surface area (Å²) < 4.78 is 0.900. The quantitative estimate of drug-likeness (QED) is 0.738. The predicted molar refractivity (Wildman–Crippen MR) is 113 cm³/mol. The van der Waals surface area contributed by atoms with Crippen LogP contribution < -0.4 is 15.9 Å². The Labute approximate surface area is 170 Å². The summed E-state index contributed by atoms with van der Waals surface area (Å²) in [6.45, 7) is 6.26. The second kappa shape index (κ2) is 6.80. The van der Waals surface area contributed by atoms with Crippen molar-refractivity contribution in [2.45, 2.75) is 26.9 Å². The summed E-state index contributed by atoms with van der Waals surface area (Å²) in [5.41, 5.74) is 5.12. The molecule has 0 aromatic heterocycles. The Balaban J connectivity index is 2.05. The van der Waals surface area contributed by atoms with Crippen molar-refractivity contribution in [2.75, 3.05) is 6.26 Å². The van der Waals surface area contributed by atoms with Gasteiger partial charge in [-0.05, 0) is 56.4 Å². The molecule has 0 saturated heterocycles. The molecule has 0 radical (unpaired) electrons. The van der Waals surface area contributed by atoms with Gasteiger partial charge < -0.3 is 0 Å². The fraction of sp³-hybridized carbons (Fsp3) is 0.250. The Morgan fingerprint density at radius 2 is 1.85 bits per heavy atom. The van der Waals surface area contributed by atoms with Crippen molar-refractivity contribution in [1.29, 1.82) is 0 Å². The van der Waals surface area contributed by atoms with E-state index in [1.165, 1.54) is 17.3 Å². The van der Waals surface area contributed by atoms with E-state index in [9.17, 15) is 4.79 Å². The number of benzene rings is 2. The standard InChI is InChI=1S/C20H19BrN4OS/c1-10-7-11(2)16(12(3)8-10)18-22-15-6-5-13(21)9-14(15)17-19(26)23-20(27-4)24-25(17)18/h5-9,18H,1-4H3,(H,23,24,26)/t18-/m1/s1. The molecule has 138 valence electrons. The first-order chi connectivity index (χ1) is 12.9. The lowest BCUT2D eigenvalue weighted by atomic mass is 9.96. The van der Waals surface area contributed by atoms with Crippen molar-refractivity contribution < 1.29 is 4.79 Å². The second-order valence-corrected chi connectivity index (χ2v) is 8.44. The number of halogens is 1. The molecule has 0 fully saturated rings. The van der Waals surface area contributed by atoms with Crippen LogP contribution in [0.25, 0.3) is 5.70 Å². The van der Waals surface area contributed by atoms with E-state index in [0.717, 1.165) is 31.7 Å². The first-order valence-electron chi connectivity index (χ1n) is 8.57. The molecule has 0 unspecified atom stereocenters. The molecule has 0 bridgehead atoms. The van der Waals surface area contributed by atoms with Gasteiger partial charge in [-0.3, -0.25) is 15.1 Å². The number of hydrogen-bond donors (Lipinski definition) is 1. The van der Waals surface area contributed by atoms with E-state index in [2.05, 4.69) is 54.2 Å². The molecular formula is C20H19BrN4OS. The molecule has 1 atom stereocenters. The van der Waals surface area contributed by atoms with Gasteiger partial charge in [0.15, 0.2) is 11.3 Å². The highest BCUT2D eigenvalue weighted by Crippen LogP contribution is 2.34. The van der Waals surface area contributed by atoms with Crippen LogP contribution in [-0.4, -0.2) is 22.3 Å². The molecule has 0 spiro atoms. The van der Waals surface area contributed by atoms with Gasteiger partial charge in [-0.2, -0.15) is 0 Å². The normalized spacial score (nSPS) is 18.3. The number of nitrogens with zero attached hydrogens (tertiary/aromatic N) is 3. The maximum atomic E-state index is 12.9. The molecule has 2 aliphatic rings. The Morgan fingerprint density at radius 1 is 1.15 bits per heavy atom. The number of aryl methyl sites for hydroxylation is 3. The van der Waals surface area contributed by atoms with E-state index in [0.29, 0.717) is 10.9 Å². The average Bonchev–Trinajstić information content (AvgIpc) is 2.60. The SMILES string of the molecule is CSC1=NN2C(=c3cc(Br)ccc3=N[C@H]2c2c(C)cc(C)cc2C)C(=O)N1. The van der Waals surface area contributed by atoms with Crippen molar-refractivity contribution in [3.8, 4) is 0 Å². The molecule has 4 rings (SSSR count). The lowest BCUT2D eigenvalue weighted by molar-refractivity contribution is -0.116. The van der Waals surface area contributed by atoms with Gasteiger partial charge in [0.2, 0.25) is 0 Å². The molecule has 1 amide bonds. The number of hydrazone groups is 1. The molecule has 2 aromatic carbocycles. The van der Waals surface area contributed by atoms with Gasteiger partial charge in [0.25, 0.3) is 5.91 Å². The number of amidine groups is 1. The van der Waals surface area contributed by atoms with Gasteiger partial charge in [-0.1, -0.05) is 45.4 Å². The molecular weight excluding hydrogens is 424 g/mol. The minimum Gasteiger partial charge on any atom is -0.298 e. The summed E-state index contributed by atoms with van der Waals surface area (Å²) in [6.07, 6.45) is 1.52. The predicted octanol–water partition coefficient (Wildman–Crippen LogP) is 2.88. The number of fused-ring (bicyclic) bond motifs is 2. The smallest absolute Gasteiger partial charge is 0.276 e. The van der Waals surface area contributed by atoms with Gasteiger partial charge in [0, 0.05) is 15.3 Å². The summed E-state index contributed by atoms with van der Waals surface area (Å²) in [7, 11) is 0. The van der Waals surface area contributed by atoms with E-state index in [1.807, 2.05) is 24.5 Å². The minimum atomic E-state index is -0.373. The Bertz CT molecular complexity index is 1100. The summed E-state index contributed by atoms with van der Waals surface area (Å²) in [5.74, 6) is -0.156. The van der Waals surface area contributed by atoms with Gasteiger partial charge in [0.1, 0.15) is 5.70 Å². The molecule has 2 heterocycles. The molecule has 7 heteroatoms. The largest absolute Gasteiger partial charge is 0.298 e. The number of amides is 1. The maximum Gasteiger partial charge on any atom is 0.276 e. The number of carbonyl (C=O) groups is 1. The summed E-state index contributed by atoms with van der Waals surface area (Å²) in [4.78, 5) is 17.9. The highest BCUT2D eigenvalue weighted by atomic mass is 79.9. The van der Waals surface area contributed by atoms with E-state index in [-0.39, 0.29) is 12.1 Å². The third-order valence-corrected chi connectivity index (χ3v) is 5.82. The second-order valence-electron chi connectivity index (χ2n) is 6.73. The van der Waals surface area contributed by atoms with Crippen LogP contribution in [0.4, 0.5) is 0 Å². The Kier molecular flexibility index (Phi) is 4.60. The van der Waals surface area contributed by atoms with Crippen LogP contribution in [0.15, 0.2) is 44.9 Å². The van der Waals surface area contributed by atoms with Crippen LogP contribution >= 0.6 is 27.7 Å². The maximum absolute atomic E-state index is 12.9. The average molecular weight is 443 g/mol. The first-order valence-corrected chi connectivity index (χ1v) is 10.6. The zero-order valence-corrected chi connectivity index (χ0v) is 17.9. The van der Waals surface area contributed by atoms with Crippen LogP contribution in [0.2, 0.25) is 0 Å². The lowest BCUT2D eigenvalue weighted by Crippen LogP contribution is -2.50. The molecule has 2 aromatic rings. The van der Waals surface area contributed by atoms with Crippen LogP contribution in [0.3, 0.4) is 0 Å². The van der Waals surface area contributed by atoms with Crippen LogP contribution in [0.1, 0.15) is 28.4 Å². The zero-order chi connectivity index (χ0) is 19.3. The van der Waals surface area contributed by atoms with Crippen LogP contribution in [-0.2, 0) is 4.79 Å². The van der Waals surface area contributed by atoms with E-state index >= 15 is 0 Å². The molecule has 0 aliphatic carbocycles. The molecule has 2 aliphatic heterocycles. The summed E-state index contributed by atoms with van der Waals surface area (Å²) in [5, 5.41) is 11.5. The van der Waals surface area contributed by atoms with E-state index in [1.54, 1.807) is 5.01 Å².